The van der Waals surface area contributed by atoms with E-state index in [-0.39, 0.29) is 6.42 Å². The van der Waals surface area contributed by atoms with Crippen molar-refractivity contribution in [1.29, 1.82) is 0 Å². The molecule has 1 rings (SSSR count). The number of hydrogen-bond acceptors (Lipinski definition) is 3. The second-order valence-electron chi connectivity index (χ2n) is 3.02. The van der Waals surface area contributed by atoms with Crippen LogP contribution in [0.2, 0.25) is 0 Å². The van der Waals surface area contributed by atoms with Crippen LogP contribution >= 0.6 is 11.8 Å². The summed E-state index contributed by atoms with van der Waals surface area (Å²) in [6.45, 7) is 0.609. The lowest BCUT2D eigenvalue weighted by Gasteiger charge is -2.09. The van der Waals surface area contributed by atoms with Gasteiger partial charge in [-0.05, 0) is 12.3 Å². The van der Waals surface area contributed by atoms with Gasteiger partial charge in [0.1, 0.15) is 5.75 Å². The smallest absolute Gasteiger partial charge is 0.307 e. The molecule has 0 aliphatic rings. The van der Waals surface area contributed by atoms with E-state index < -0.39 is 5.97 Å². The molecule has 1 aromatic carbocycles. The summed E-state index contributed by atoms with van der Waals surface area (Å²) in [5, 5.41) is 8.70. The fraction of sp³-hybridized carbons (Fsp3) is 0.364. The Bertz CT molecular complexity index is 325. The summed E-state index contributed by atoms with van der Waals surface area (Å²) in [6, 6.07) is 7.25. The first-order valence-electron chi connectivity index (χ1n) is 4.65. The molecule has 3 nitrogen and oxygen atoms in total. The van der Waals surface area contributed by atoms with E-state index in [0.29, 0.717) is 12.4 Å². The SMILES string of the molecule is CSCCOc1ccccc1CC(=O)O. The van der Waals surface area contributed by atoms with Crippen molar-refractivity contribution in [2.24, 2.45) is 0 Å². The summed E-state index contributed by atoms with van der Waals surface area (Å²) >= 11 is 1.70. The first-order chi connectivity index (χ1) is 7.24. The quantitative estimate of drug-likeness (QED) is 0.754. The van der Waals surface area contributed by atoms with Crippen molar-refractivity contribution in [1.82, 2.24) is 0 Å². The first kappa shape index (κ1) is 11.9. The lowest BCUT2D eigenvalue weighted by atomic mass is 10.1. The van der Waals surface area contributed by atoms with Gasteiger partial charge in [-0.15, -0.1) is 0 Å². The highest BCUT2D eigenvalue weighted by molar-refractivity contribution is 7.98. The fourth-order valence-corrected chi connectivity index (χ4v) is 1.44. The molecular weight excluding hydrogens is 212 g/mol. The van der Waals surface area contributed by atoms with Gasteiger partial charge in [-0.25, -0.2) is 0 Å². The Balaban J connectivity index is 2.64. The van der Waals surface area contributed by atoms with E-state index in [0.717, 1.165) is 11.3 Å². The summed E-state index contributed by atoms with van der Waals surface area (Å²) in [6.07, 6.45) is 2.02. The molecule has 4 heteroatoms. The fourth-order valence-electron chi connectivity index (χ4n) is 1.19. The average Bonchev–Trinajstić information content (AvgIpc) is 2.20. The van der Waals surface area contributed by atoms with Crippen LogP contribution in [-0.4, -0.2) is 29.7 Å². The summed E-state index contributed by atoms with van der Waals surface area (Å²) in [5.41, 5.74) is 0.728. The van der Waals surface area contributed by atoms with Gasteiger partial charge in [-0.2, -0.15) is 11.8 Å². The molecule has 0 amide bonds. The molecular formula is C11H14O3S. The maximum atomic E-state index is 10.6. The zero-order valence-corrected chi connectivity index (χ0v) is 9.42. The van der Waals surface area contributed by atoms with E-state index >= 15 is 0 Å². The number of carboxylic acid groups (broad SMARTS) is 1. The van der Waals surface area contributed by atoms with Crippen molar-refractivity contribution in [3.63, 3.8) is 0 Å². The number of aliphatic carboxylic acids is 1. The molecule has 0 aliphatic heterocycles. The molecule has 0 aromatic heterocycles. The molecule has 1 N–H and O–H groups in total. The van der Waals surface area contributed by atoms with E-state index in [2.05, 4.69) is 0 Å². The number of rotatable bonds is 6. The van der Waals surface area contributed by atoms with E-state index in [1.54, 1.807) is 23.9 Å². The highest BCUT2D eigenvalue weighted by Crippen LogP contribution is 2.18. The highest BCUT2D eigenvalue weighted by Gasteiger charge is 2.06. The Labute approximate surface area is 93.4 Å². The molecule has 1 aromatic rings. The second kappa shape index (κ2) is 6.35. The molecule has 0 fully saturated rings. The monoisotopic (exact) mass is 226 g/mol. The highest BCUT2D eigenvalue weighted by atomic mass is 32.2. The van der Waals surface area contributed by atoms with Crippen LogP contribution in [0.1, 0.15) is 5.56 Å². The molecule has 15 heavy (non-hydrogen) atoms. The van der Waals surface area contributed by atoms with Gasteiger partial charge in [-0.1, -0.05) is 18.2 Å². The third kappa shape index (κ3) is 4.25. The summed E-state index contributed by atoms with van der Waals surface area (Å²) in [5.74, 6) is 0.742. The van der Waals surface area contributed by atoms with Crippen molar-refractivity contribution < 1.29 is 14.6 Å². The van der Waals surface area contributed by atoms with Crippen molar-refractivity contribution in [3.8, 4) is 5.75 Å². The Morgan fingerprint density at radius 1 is 1.47 bits per heavy atom. The van der Waals surface area contributed by atoms with Gasteiger partial charge in [-0.3, -0.25) is 4.79 Å². The number of para-hydroxylation sites is 1. The molecule has 0 bridgehead atoms. The van der Waals surface area contributed by atoms with Gasteiger partial charge in [0.05, 0.1) is 13.0 Å². The number of thioether (sulfide) groups is 1. The van der Waals surface area contributed by atoms with Crippen molar-refractivity contribution in [2.75, 3.05) is 18.6 Å². The van der Waals surface area contributed by atoms with Crippen LogP contribution in [0, 0.1) is 0 Å². The maximum Gasteiger partial charge on any atom is 0.307 e. The van der Waals surface area contributed by atoms with E-state index in [9.17, 15) is 4.79 Å². The largest absolute Gasteiger partial charge is 0.492 e. The zero-order chi connectivity index (χ0) is 11.1. The van der Waals surface area contributed by atoms with E-state index in [1.165, 1.54) is 0 Å². The minimum atomic E-state index is -0.837. The van der Waals surface area contributed by atoms with Crippen molar-refractivity contribution in [2.45, 2.75) is 6.42 Å². The van der Waals surface area contributed by atoms with Gasteiger partial charge < -0.3 is 9.84 Å². The Hall–Kier alpha value is -1.16. The third-order valence-electron chi connectivity index (χ3n) is 1.86. The van der Waals surface area contributed by atoms with Gasteiger partial charge in [0.25, 0.3) is 0 Å². The Kier molecular flexibility index (Phi) is 5.04. The number of carboxylic acids is 1. The maximum absolute atomic E-state index is 10.6. The summed E-state index contributed by atoms with van der Waals surface area (Å²) in [4.78, 5) is 10.6. The van der Waals surface area contributed by atoms with Crippen molar-refractivity contribution in [3.05, 3.63) is 29.8 Å². The topological polar surface area (TPSA) is 46.5 Å². The van der Waals surface area contributed by atoms with Crippen molar-refractivity contribution >= 4 is 17.7 Å². The zero-order valence-electron chi connectivity index (χ0n) is 8.60. The first-order valence-corrected chi connectivity index (χ1v) is 6.05. The van der Waals surface area contributed by atoms with E-state index in [4.69, 9.17) is 9.84 Å². The average molecular weight is 226 g/mol. The number of ether oxygens (including phenoxy) is 1. The molecule has 0 radical (unpaired) electrons. The number of carbonyl (C=O) groups is 1. The van der Waals surface area contributed by atoms with Crippen LogP contribution in [0.15, 0.2) is 24.3 Å². The second-order valence-corrected chi connectivity index (χ2v) is 4.01. The molecule has 0 saturated heterocycles. The van der Waals surface area contributed by atoms with Crippen LogP contribution in [0.5, 0.6) is 5.75 Å². The van der Waals surface area contributed by atoms with Crippen LogP contribution in [0.25, 0.3) is 0 Å². The predicted molar refractivity (Wildman–Crippen MR) is 61.7 cm³/mol. The molecule has 0 aliphatic carbocycles. The van der Waals surface area contributed by atoms with E-state index in [1.807, 2.05) is 18.4 Å². The molecule has 0 saturated carbocycles. The molecule has 0 unspecified atom stereocenters. The summed E-state index contributed by atoms with van der Waals surface area (Å²) < 4.78 is 5.49. The van der Waals surface area contributed by atoms with Crippen LogP contribution in [0.4, 0.5) is 0 Å². The number of hydrogen-bond donors (Lipinski definition) is 1. The molecule has 82 valence electrons. The van der Waals surface area contributed by atoms with Gasteiger partial charge in [0.15, 0.2) is 0 Å². The van der Waals surface area contributed by atoms with Crippen LogP contribution < -0.4 is 4.74 Å². The summed E-state index contributed by atoms with van der Waals surface area (Å²) in [7, 11) is 0. The normalized spacial score (nSPS) is 9.93. The Morgan fingerprint density at radius 2 is 2.20 bits per heavy atom. The van der Waals surface area contributed by atoms with Crippen LogP contribution in [-0.2, 0) is 11.2 Å². The third-order valence-corrected chi connectivity index (χ3v) is 2.43. The molecule has 0 heterocycles. The minimum absolute atomic E-state index is 0.00937. The molecule has 0 atom stereocenters. The standard InChI is InChI=1S/C11H14O3S/c1-15-7-6-14-10-5-3-2-4-9(10)8-11(12)13/h2-5H,6-8H2,1H3,(H,12,13). The number of benzene rings is 1. The van der Waals surface area contributed by atoms with Gasteiger partial charge >= 0.3 is 5.97 Å². The lowest BCUT2D eigenvalue weighted by molar-refractivity contribution is -0.136. The molecule has 0 spiro atoms. The Morgan fingerprint density at radius 3 is 2.87 bits per heavy atom. The van der Waals surface area contributed by atoms with Crippen LogP contribution in [0.3, 0.4) is 0 Å². The van der Waals surface area contributed by atoms with Gasteiger partial charge in [0, 0.05) is 11.3 Å². The van der Waals surface area contributed by atoms with Gasteiger partial charge in [0.2, 0.25) is 0 Å². The predicted octanol–water partition coefficient (Wildman–Crippen LogP) is 2.06. The minimum Gasteiger partial charge on any atom is -0.492 e. The lowest BCUT2D eigenvalue weighted by Crippen LogP contribution is -2.05.